The Bertz CT molecular complexity index is 743. The minimum atomic E-state index is -0.488. The summed E-state index contributed by atoms with van der Waals surface area (Å²) in [4.78, 5) is 14.6. The van der Waals surface area contributed by atoms with Crippen molar-refractivity contribution in [2.45, 2.75) is 25.4 Å². The van der Waals surface area contributed by atoms with Gasteiger partial charge in [0.1, 0.15) is 18.0 Å². The standard InChI is InChI=1S/C19H25N3O3/c1-15-7-4-5-8-17(15)25-14-19(24-3)9-6-10-22(13-19)18(23)16-11-20-21(2)12-16/h4-5,7-8,11-12H,6,9-10,13-14H2,1-3H3. The zero-order chi connectivity index (χ0) is 17.9. The van der Waals surface area contributed by atoms with Crippen molar-refractivity contribution in [3.8, 4) is 5.75 Å². The third-order valence-electron chi connectivity index (χ3n) is 4.80. The molecule has 0 bridgehead atoms. The van der Waals surface area contributed by atoms with Crippen LogP contribution in [0.1, 0.15) is 28.8 Å². The largest absolute Gasteiger partial charge is 0.490 e. The van der Waals surface area contributed by atoms with Crippen molar-refractivity contribution in [1.29, 1.82) is 0 Å². The number of nitrogens with zero attached hydrogens (tertiary/aromatic N) is 3. The molecule has 0 spiro atoms. The maximum absolute atomic E-state index is 12.7. The van der Waals surface area contributed by atoms with Crippen LogP contribution in [0, 0.1) is 6.92 Å². The minimum Gasteiger partial charge on any atom is -0.490 e. The first kappa shape index (κ1) is 17.5. The third kappa shape index (κ3) is 3.85. The summed E-state index contributed by atoms with van der Waals surface area (Å²) >= 11 is 0. The molecule has 2 aromatic rings. The highest BCUT2D eigenvalue weighted by Gasteiger charge is 2.38. The Morgan fingerprint density at radius 2 is 2.16 bits per heavy atom. The van der Waals surface area contributed by atoms with Gasteiger partial charge in [-0.3, -0.25) is 9.48 Å². The Labute approximate surface area is 148 Å². The van der Waals surface area contributed by atoms with Crippen molar-refractivity contribution in [2.24, 2.45) is 7.05 Å². The third-order valence-corrected chi connectivity index (χ3v) is 4.80. The molecule has 0 saturated carbocycles. The van der Waals surface area contributed by atoms with Gasteiger partial charge in [-0.1, -0.05) is 18.2 Å². The highest BCUT2D eigenvalue weighted by Crippen LogP contribution is 2.28. The lowest BCUT2D eigenvalue weighted by atomic mass is 9.93. The van der Waals surface area contributed by atoms with E-state index in [-0.39, 0.29) is 5.91 Å². The molecule has 0 aliphatic carbocycles. The quantitative estimate of drug-likeness (QED) is 0.837. The van der Waals surface area contributed by atoms with E-state index in [4.69, 9.17) is 9.47 Å². The summed E-state index contributed by atoms with van der Waals surface area (Å²) in [5.74, 6) is 0.847. The number of benzene rings is 1. The maximum Gasteiger partial charge on any atom is 0.257 e. The van der Waals surface area contributed by atoms with Crippen molar-refractivity contribution >= 4 is 5.91 Å². The van der Waals surface area contributed by atoms with Gasteiger partial charge in [0.05, 0.1) is 18.3 Å². The number of aromatic nitrogens is 2. The highest BCUT2D eigenvalue weighted by molar-refractivity contribution is 5.93. The number of carbonyl (C=O) groups is 1. The molecule has 2 heterocycles. The average Bonchev–Trinajstić information content (AvgIpc) is 3.07. The number of likely N-dealkylation sites (tertiary alicyclic amines) is 1. The predicted molar refractivity (Wildman–Crippen MR) is 94.8 cm³/mol. The summed E-state index contributed by atoms with van der Waals surface area (Å²) < 4.78 is 13.5. The fourth-order valence-corrected chi connectivity index (χ4v) is 3.26. The van der Waals surface area contributed by atoms with E-state index in [1.807, 2.05) is 43.1 Å². The summed E-state index contributed by atoms with van der Waals surface area (Å²) in [5.41, 5.74) is 1.21. The van der Waals surface area contributed by atoms with E-state index >= 15 is 0 Å². The van der Waals surface area contributed by atoms with Crippen LogP contribution in [-0.2, 0) is 11.8 Å². The second-order valence-corrected chi connectivity index (χ2v) is 6.67. The molecular formula is C19H25N3O3. The molecule has 1 amide bonds. The van der Waals surface area contributed by atoms with Gasteiger partial charge in [0.25, 0.3) is 5.91 Å². The minimum absolute atomic E-state index is 0.00915. The summed E-state index contributed by atoms with van der Waals surface area (Å²) in [6.07, 6.45) is 5.10. The van der Waals surface area contributed by atoms with Crippen LogP contribution in [0.4, 0.5) is 0 Å². The van der Waals surface area contributed by atoms with E-state index in [2.05, 4.69) is 5.10 Å². The molecule has 1 fully saturated rings. The molecule has 1 aliphatic rings. The lowest BCUT2D eigenvalue weighted by Crippen LogP contribution is -2.54. The molecule has 6 heteroatoms. The van der Waals surface area contributed by atoms with Crippen molar-refractivity contribution in [3.05, 3.63) is 47.8 Å². The number of amides is 1. The van der Waals surface area contributed by atoms with Crippen LogP contribution in [0.15, 0.2) is 36.7 Å². The van der Waals surface area contributed by atoms with E-state index in [9.17, 15) is 4.79 Å². The number of ether oxygens (including phenoxy) is 2. The number of carbonyl (C=O) groups excluding carboxylic acids is 1. The molecule has 25 heavy (non-hydrogen) atoms. The molecule has 1 atom stereocenters. The topological polar surface area (TPSA) is 56.6 Å². The number of hydrogen-bond acceptors (Lipinski definition) is 4. The molecule has 1 aromatic carbocycles. The lowest BCUT2D eigenvalue weighted by molar-refractivity contribution is -0.0825. The van der Waals surface area contributed by atoms with E-state index in [0.29, 0.717) is 18.7 Å². The predicted octanol–water partition coefficient (Wildman–Crippen LogP) is 2.43. The summed E-state index contributed by atoms with van der Waals surface area (Å²) in [5, 5.41) is 4.09. The van der Waals surface area contributed by atoms with Crippen LogP contribution in [0.2, 0.25) is 0 Å². The van der Waals surface area contributed by atoms with Crippen LogP contribution >= 0.6 is 0 Å². The Morgan fingerprint density at radius 3 is 2.84 bits per heavy atom. The van der Waals surface area contributed by atoms with Gasteiger partial charge in [-0.15, -0.1) is 0 Å². The number of aryl methyl sites for hydroxylation is 2. The van der Waals surface area contributed by atoms with Crippen molar-refractivity contribution in [2.75, 3.05) is 26.8 Å². The van der Waals surface area contributed by atoms with Crippen LogP contribution in [0.3, 0.4) is 0 Å². The molecule has 1 saturated heterocycles. The Hall–Kier alpha value is -2.34. The van der Waals surface area contributed by atoms with E-state index < -0.39 is 5.60 Å². The first-order chi connectivity index (χ1) is 12.0. The van der Waals surface area contributed by atoms with Crippen LogP contribution in [-0.4, -0.2) is 53.0 Å². The zero-order valence-corrected chi connectivity index (χ0v) is 15.1. The number of hydrogen-bond donors (Lipinski definition) is 0. The Morgan fingerprint density at radius 1 is 1.36 bits per heavy atom. The number of para-hydroxylation sites is 1. The monoisotopic (exact) mass is 343 g/mol. The molecule has 6 nitrogen and oxygen atoms in total. The molecule has 1 aromatic heterocycles. The molecule has 134 valence electrons. The van der Waals surface area contributed by atoms with Crippen molar-refractivity contribution in [1.82, 2.24) is 14.7 Å². The second kappa shape index (κ2) is 7.27. The first-order valence-electron chi connectivity index (χ1n) is 8.54. The van der Waals surface area contributed by atoms with E-state index in [0.717, 1.165) is 30.7 Å². The normalized spacial score (nSPS) is 20.5. The second-order valence-electron chi connectivity index (χ2n) is 6.67. The van der Waals surface area contributed by atoms with E-state index in [1.54, 1.807) is 24.2 Å². The van der Waals surface area contributed by atoms with Gasteiger partial charge in [-0.05, 0) is 31.4 Å². The van der Waals surface area contributed by atoms with Crippen LogP contribution in [0.25, 0.3) is 0 Å². The number of rotatable bonds is 5. The first-order valence-corrected chi connectivity index (χ1v) is 8.54. The molecular weight excluding hydrogens is 318 g/mol. The van der Waals surface area contributed by atoms with E-state index in [1.165, 1.54) is 0 Å². The van der Waals surface area contributed by atoms with Crippen molar-refractivity contribution in [3.63, 3.8) is 0 Å². The number of methoxy groups -OCH3 is 1. The van der Waals surface area contributed by atoms with Gasteiger partial charge in [0.15, 0.2) is 0 Å². The molecule has 1 aliphatic heterocycles. The smallest absolute Gasteiger partial charge is 0.257 e. The van der Waals surface area contributed by atoms with Crippen molar-refractivity contribution < 1.29 is 14.3 Å². The lowest BCUT2D eigenvalue weighted by Gasteiger charge is -2.41. The van der Waals surface area contributed by atoms with Gasteiger partial charge < -0.3 is 14.4 Å². The Balaban J connectivity index is 1.70. The fraction of sp³-hybridized carbons (Fsp3) is 0.474. The molecule has 1 unspecified atom stereocenters. The summed E-state index contributed by atoms with van der Waals surface area (Å²) in [7, 11) is 3.50. The number of piperidine rings is 1. The van der Waals surface area contributed by atoms with Gasteiger partial charge in [0, 0.05) is 26.9 Å². The van der Waals surface area contributed by atoms with Gasteiger partial charge in [0.2, 0.25) is 0 Å². The SMILES string of the molecule is COC1(COc2ccccc2C)CCCN(C(=O)c2cnn(C)c2)C1. The van der Waals surface area contributed by atoms with Crippen LogP contribution < -0.4 is 4.74 Å². The van der Waals surface area contributed by atoms with Gasteiger partial charge in [-0.2, -0.15) is 5.10 Å². The summed E-state index contributed by atoms with van der Waals surface area (Å²) in [6.45, 7) is 3.69. The maximum atomic E-state index is 12.7. The van der Waals surface area contributed by atoms with Crippen LogP contribution in [0.5, 0.6) is 5.75 Å². The molecule has 0 radical (unpaired) electrons. The average molecular weight is 343 g/mol. The zero-order valence-electron chi connectivity index (χ0n) is 15.1. The summed E-state index contributed by atoms with van der Waals surface area (Å²) in [6, 6.07) is 7.93. The fourth-order valence-electron chi connectivity index (χ4n) is 3.26. The van der Waals surface area contributed by atoms with Gasteiger partial charge in [-0.25, -0.2) is 0 Å². The highest BCUT2D eigenvalue weighted by atomic mass is 16.5. The Kier molecular flexibility index (Phi) is 5.08. The van der Waals surface area contributed by atoms with Gasteiger partial charge >= 0.3 is 0 Å². The molecule has 0 N–H and O–H groups in total. The molecule has 3 rings (SSSR count).